The van der Waals surface area contributed by atoms with E-state index in [4.69, 9.17) is 4.74 Å². The molecule has 0 radical (unpaired) electrons. The highest BCUT2D eigenvalue weighted by atomic mass is 79.9. The van der Waals surface area contributed by atoms with Crippen LogP contribution in [0.5, 0.6) is 0 Å². The van der Waals surface area contributed by atoms with Crippen molar-refractivity contribution >= 4 is 39.6 Å². The summed E-state index contributed by atoms with van der Waals surface area (Å²) in [5.74, 6) is -2.17. The second kappa shape index (κ2) is 9.66. The first-order chi connectivity index (χ1) is 11.3. The highest BCUT2D eigenvalue weighted by molar-refractivity contribution is 9.10. The fourth-order valence-corrected chi connectivity index (χ4v) is 1.78. The van der Waals surface area contributed by atoms with E-state index >= 15 is 0 Å². The highest BCUT2D eigenvalue weighted by Gasteiger charge is 2.19. The Morgan fingerprint density at radius 1 is 1.12 bits per heavy atom. The summed E-state index contributed by atoms with van der Waals surface area (Å²) in [5.41, 5.74) is 0.390. The van der Waals surface area contributed by atoms with Crippen molar-refractivity contribution in [3.8, 4) is 0 Å². The molecule has 0 aliphatic heterocycles. The summed E-state index contributed by atoms with van der Waals surface area (Å²) in [4.78, 5) is 46.1. The molecule has 1 aromatic rings. The van der Waals surface area contributed by atoms with E-state index in [0.717, 1.165) is 4.47 Å². The molecule has 0 aliphatic rings. The van der Waals surface area contributed by atoms with Gasteiger partial charge < -0.3 is 20.7 Å². The van der Waals surface area contributed by atoms with Gasteiger partial charge in [-0.3, -0.25) is 14.4 Å². The number of carbonyl (C=O) groups excluding carboxylic acids is 4. The zero-order valence-corrected chi connectivity index (χ0v) is 14.8. The van der Waals surface area contributed by atoms with Crippen LogP contribution in [0.3, 0.4) is 0 Å². The van der Waals surface area contributed by atoms with Crippen molar-refractivity contribution < 1.29 is 23.9 Å². The van der Waals surface area contributed by atoms with Gasteiger partial charge in [0.2, 0.25) is 5.91 Å². The van der Waals surface area contributed by atoms with Crippen molar-refractivity contribution in [3.05, 3.63) is 34.3 Å². The van der Waals surface area contributed by atoms with Crippen molar-refractivity contribution in [1.29, 1.82) is 0 Å². The predicted octanol–water partition coefficient (Wildman–Crippen LogP) is -0.0272. The summed E-state index contributed by atoms with van der Waals surface area (Å²) >= 11 is 3.26. The van der Waals surface area contributed by atoms with Crippen molar-refractivity contribution in [1.82, 2.24) is 16.0 Å². The Bertz CT molecular complexity index is 618. The number of ether oxygens (including phenoxy) is 1. The van der Waals surface area contributed by atoms with E-state index in [9.17, 15) is 19.2 Å². The van der Waals surface area contributed by atoms with E-state index < -0.39 is 30.4 Å². The Morgan fingerprint density at radius 2 is 1.75 bits per heavy atom. The number of carbonyl (C=O) groups is 4. The van der Waals surface area contributed by atoms with E-state index in [1.807, 2.05) is 0 Å². The molecule has 3 N–H and O–H groups in total. The molecule has 24 heavy (non-hydrogen) atoms. The number of halogens is 1. The normalized spacial score (nSPS) is 11.1. The lowest BCUT2D eigenvalue weighted by Crippen LogP contribution is -2.42. The van der Waals surface area contributed by atoms with E-state index in [1.54, 1.807) is 24.3 Å². The third kappa shape index (κ3) is 6.78. The fourth-order valence-electron chi connectivity index (χ4n) is 1.52. The van der Waals surface area contributed by atoms with Crippen LogP contribution < -0.4 is 16.0 Å². The van der Waals surface area contributed by atoms with Crippen molar-refractivity contribution in [2.24, 2.45) is 0 Å². The standard InChI is InChI=1S/C15H18BrN3O5/c1-9(19-14(22)10-3-5-11(16)6-4-10)15(23)24-8-13(21)18-7-12(20)17-2/h3-6,9H,7-8H2,1-2H3,(H,17,20)(H,18,21)(H,19,22)/t9-/m0/s1. The Kier molecular flexibility index (Phi) is 7.90. The van der Waals surface area contributed by atoms with Crippen LogP contribution in [0.25, 0.3) is 0 Å². The summed E-state index contributed by atoms with van der Waals surface area (Å²) in [6, 6.07) is 5.68. The number of rotatable bonds is 7. The molecule has 0 heterocycles. The summed E-state index contributed by atoms with van der Waals surface area (Å²) in [6.07, 6.45) is 0. The van der Waals surface area contributed by atoms with Crippen LogP contribution in [-0.2, 0) is 19.1 Å². The molecule has 0 bridgehead atoms. The lowest BCUT2D eigenvalue weighted by molar-refractivity contribution is -0.150. The number of nitrogens with one attached hydrogen (secondary N) is 3. The van der Waals surface area contributed by atoms with Gasteiger partial charge in [0.25, 0.3) is 11.8 Å². The Hall–Kier alpha value is -2.42. The Balaban J connectivity index is 2.39. The van der Waals surface area contributed by atoms with Crippen LogP contribution in [0.1, 0.15) is 17.3 Å². The average molecular weight is 400 g/mol. The topological polar surface area (TPSA) is 114 Å². The first kappa shape index (κ1) is 19.6. The van der Waals surface area contributed by atoms with E-state index in [0.29, 0.717) is 5.56 Å². The number of hydrogen-bond donors (Lipinski definition) is 3. The molecule has 3 amide bonds. The van der Waals surface area contributed by atoms with Gasteiger partial charge in [0.15, 0.2) is 6.61 Å². The first-order valence-electron chi connectivity index (χ1n) is 7.04. The maximum Gasteiger partial charge on any atom is 0.328 e. The minimum Gasteiger partial charge on any atom is -0.454 e. The molecule has 8 nitrogen and oxygen atoms in total. The van der Waals surface area contributed by atoms with Crippen molar-refractivity contribution in [2.45, 2.75) is 13.0 Å². The SMILES string of the molecule is CNC(=O)CNC(=O)COC(=O)[C@H](C)NC(=O)c1ccc(Br)cc1. The number of hydrogen-bond acceptors (Lipinski definition) is 5. The lowest BCUT2D eigenvalue weighted by Gasteiger charge is -2.13. The largest absolute Gasteiger partial charge is 0.454 e. The summed E-state index contributed by atoms with van der Waals surface area (Å²) < 4.78 is 5.61. The highest BCUT2D eigenvalue weighted by Crippen LogP contribution is 2.10. The van der Waals surface area contributed by atoms with Crippen LogP contribution >= 0.6 is 15.9 Å². The Labute approximate surface area is 147 Å². The van der Waals surface area contributed by atoms with Gasteiger partial charge in [0, 0.05) is 17.1 Å². The van der Waals surface area contributed by atoms with Gasteiger partial charge in [0.05, 0.1) is 6.54 Å². The van der Waals surface area contributed by atoms with Crippen molar-refractivity contribution in [2.75, 3.05) is 20.2 Å². The van der Waals surface area contributed by atoms with E-state index in [2.05, 4.69) is 31.9 Å². The first-order valence-corrected chi connectivity index (χ1v) is 7.83. The second-order valence-corrected chi connectivity index (χ2v) is 5.68. The van der Waals surface area contributed by atoms with Gasteiger partial charge in [-0.1, -0.05) is 15.9 Å². The molecule has 1 atom stereocenters. The minimum absolute atomic E-state index is 0.206. The second-order valence-electron chi connectivity index (χ2n) is 4.76. The Morgan fingerprint density at radius 3 is 2.33 bits per heavy atom. The fraction of sp³-hybridized carbons (Fsp3) is 0.333. The number of amides is 3. The molecule has 1 aromatic carbocycles. The maximum atomic E-state index is 12.0. The van der Waals surface area contributed by atoms with Crippen LogP contribution in [0.4, 0.5) is 0 Å². The molecule has 0 aliphatic carbocycles. The van der Waals surface area contributed by atoms with Crippen LogP contribution in [0, 0.1) is 0 Å². The summed E-state index contributed by atoms with van der Waals surface area (Å²) in [7, 11) is 1.43. The summed E-state index contributed by atoms with van der Waals surface area (Å²) in [6.45, 7) is 0.707. The van der Waals surface area contributed by atoms with Gasteiger partial charge >= 0.3 is 5.97 Å². The molecule has 0 spiro atoms. The molecule has 1 rings (SSSR count). The number of benzene rings is 1. The maximum absolute atomic E-state index is 12.0. The van der Waals surface area contributed by atoms with Crippen molar-refractivity contribution in [3.63, 3.8) is 0 Å². The van der Waals surface area contributed by atoms with Crippen LogP contribution in [0.15, 0.2) is 28.7 Å². The number of likely N-dealkylation sites (N-methyl/N-ethyl adjacent to an activating group) is 1. The van der Waals surface area contributed by atoms with Gasteiger partial charge in [-0.2, -0.15) is 0 Å². The molecule has 130 valence electrons. The molecular weight excluding hydrogens is 382 g/mol. The van der Waals surface area contributed by atoms with Gasteiger partial charge in [0.1, 0.15) is 6.04 Å². The molecule has 0 saturated heterocycles. The van der Waals surface area contributed by atoms with Gasteiger partial charge in [-0.25, -0.2) is 4.79 Å². The molecule has 0 aromatic heterocycles. The molecule has 9 heteroatoms. The zero-order chi connectivity index (χ0) is 18.1. The smallest absolute Gasteiger partial charge is 0.328 e. The van der Waals surface area contributed by atoms with E-state index in [1.165, 1.54) is 14.0 Å². The lowest BCUT2D eigenvalue weighted by atomic mass is 10.2. The third-order valence-corrected chi connectivity index (χ3v) is 3.41. The van der Waals surface area contributed by atoms with Crippen LogP contribution in [0.2, 0.25) is 0 Å². The summed E-state index contributed by atoms with van der Waals surface area (Å²) in [5, 5.41) is 7.09. The predicted molar refractivity (Wildman–Crippen MR) is 89.1 cm³/mol. The minimum atomic E-state index is -0.923. The van der Waals surface area contributed by atoms with Gasteiger partial charge in [-0.05, 0) is 31.2 Å². The van der Waals surface area contributed by atoms with Gasteiger partial charge in [-0.15, -0.1) is 0 Å². The molecule has 0 fully saturated rings. The average Bonchev–Trinajstić information content (AvgIpc) is 2.57. The van der Waals surface area contributed by atoms with Crippen LogP contribution in [-0.4, -0.2) is 49.9 Å². The zero-order valence-electron chi connectivity index (χ0n) is 13.2. The third-order valence-electron chi connectivity index (χ3n) is 2.88. The monoisotopic (exact) mass is 399 g/mol. The quantitative estimate of drug-likeness (QED) is 0.557. The molecular formula is C15H18BrN3O5. The van der Waals surface area contributed by atoms with E-state index in [-0.39, 0.29) is 12.5 Å². The molecule has 0 unspecified atom stereocenters. The molecule has 0 saturated carbocycles. The number of esters is 1.